The average Bonchev–Trinajstić information content (AvgIpc) is 2.95. The van der Waals surface area contributed by atoms with Gasteiger partial charge >= 0.3 is 51.4 Å². The molecule has 0 radical (unpaired) electrons. The van der Waals surface area contributed by atoms with Crippen LogP contribution in [0.1, 0.15) is 28.8 Å². The number of rotatable bonds is 3. The maximum Gasteiger partial charge on any atom is 1.00 e. The standard InChI is InChI=1S/C13H12N2O3S.K/c14-5-9-6-2-1-3-10(6)19-12(9)15-11(16)7-4-8(7)13(17)18;/h7-8H,1-4H2,(H,15,16)(H,17,18);/q;+1/p-1. The molecule has 2 unspecified atom stereocenters. The van der Waals surface area contributed by atoms with Gasteiger partial charge in [-0.1, -0.05) is 0 Å². The molecule has 1 aromatic rings. The number of carboxylic acid groups (broad SMARTS) is 1. The molecule has 1 fully saturated rings. The summed E-state index contributed by atoms with van der Waals surface area (Å²) in [5.74, 6) is -2.66. The van der Waals surface area contributed by atoms with Gasteiger partial charge in [0.05, 0.1) is 5.56 Å². The molecule has 2 aliphatic carbocycles. The Labute approximate surface area is 162 Å². The summed E-state index contributed by atoms with van der Waals surface area (Å²) in [6, 6.07) is 2.14. The predicted octanol–water partition coefficient (Wildman–Crippen LogP) is -2.56. The first kappa shape index (κ1) is 16.1. The summed E-state index contributed by atoms with van der Waals surface area (Å²) in [5.41, 5.74) is 1.60. The molecule has 0 bridgehead atoms. The van der Waals surface area contributed by atoms with E-state index in [-0.39, 0.29) is 57.3 Å². The maximum atomic E-state index is 11.9. The minimum atomic E-state index is -1.17. The molecule has 5 nitrogen and oxygen atoms in total. The van der Waals surface area contributed by atoms with Crippen molar-refractivity contribution in [1.82, 2.24) is 0 Å². The molecule has 2 aliphatic rings. The summed E-state index contributed by atoms with van der Waals surface area (Å²) in [5, 5.41) is 23.1. The monoisotopic (exact) mass is 314 g/mol. The third kappa shape index (κ3) is 2.86. The maximum absolute atomic E-state index is 11.9. The normalized spacial score (nSPS) is 22.4. The van der Waals surface area contributed by atoms with Gasteiger partial charge in [0, 0.05) is 22.7 Å². The fourth-order valence-electron chi connectivity index (χ4n) is 2.56. The molecule has 3 rings (SSSR count). The molecular weight excluding hydrogens is 303 g/mol. The number of aliphatic carboxylic acids is 1. The van der Waals surface area contributed by atoms with Crippen LogP contribution in [0.25, 0.3) is 0 Å². The molecular formula is C13H11KN2O3S. The minimum Gasteiger partial charge on any atom is -0.550 e. The first-order valence-corrected chi connectivity index (χ1v) is 7.00. The average molecular weight is 314 g/mol. The van der Waals surface area contributed by atoms with Crippen LogP contribution in [0.15, 0.2) is 0 Å². The van der Waals surface area contributed by atoms with Crippen molar-refractivity contribution in [1.29, 1.82) is 5.26 Å². The van der Waals surface area contributed by atoms with Gasteiger partial charge in [0.2, 0.25) is 5.91 Å². The fraction of sp³-hybridized carbons (Fsp3) is 0.462. The number of fused-ring (bicyclic) bond motifs is 1. The number of carboxylic acids is 1. The van der Waals surface area contributed by atoms with Gasteiger partial charge in [0.25, 0.3) is 0 Å². The number of thiophene rings is 1. The molecule has 98 valence electrons. The Bertz CT molecular complexity index is 620. The summed E-state index contributed by atoms with van der Waals surface area (Å²) in [4.78, 5) is 23.7. The fourth-order valence-corrected chi connectivity index (χ4v) is 3.80. The van der Waals surface area contributed by atoms with Crippen molar-refractivity contribution in [3.63, 3.8) is 0 Å². The first-order chi connectivity index (χ1) is 9.11. The molecule has 1 amide bonds. The molecule has 7 heteroatoms. The van der Waals surface area contributed by atoms with Crippen LogP contribution in [-0.4, -0.2) is 11.9 Å². The van der Waals surface area contributed by atoms with Crippen LogP contribution in [0.3, 0.4) is 0 Å². The van der Waals surface area contributed by atoms with E-state index in [0.717, 1.165) is 24.8 Å². The number of nitrogens with zero attached hydrogens (tertiary/aromatic N) is 1. The second-order valence-electron chi connectivity index (χ2n) is 4.93. The number of anilines is 1. The van der Waals surface area contributed by atoms with Crippen LogP contribution in [-0.2, 0) is 22.4 Å². The number of nitriles is 1. The third-order valence-corrected chi connectivity index (χ3v) is 4.91. The third-order valence-electron chi connectivity index (χ3n) is 3.70. The number of carbonyl (C=O) groups is 2. The molecule has 1 aromatic heterocycles. The molecule has 0 aliphatic heterocycles. The zero-order valence-corrected chi connectivity index (χ0v) is 15.0. The van der Waals surface area contributed by atoms with E-state index in [4.69, 9.17) is 0 Å². The van der Waals surface area contributed by atoms with Crippen LogP contribution in [0.5, 0.6) is 0 Å². The number of carbonyl (C=O) groups excluding carboxylic acids is 2. The van der Waals surface area contributed by atoms with Crippen molar-refractivity contribution in [2.75, 3.05) is 5.32 Å². The minimum absolute atomic E-state index is 0. The Morgan fingerprint density at radius 2 is 2.10 bits per heavy atom. The van der Waals surface area contributed by atoms with Crippen LogP contribution in [0.2, 0.25) is 0 Å². The largest absolute Gasteiger partial charge is 1.00 e. The molecule has 0 saturated heterocycles. The Morgan fingerprint density at radius 1 is 1.35 bits per heavy atom. The van der Waals surface area contributed by atoms with Crippen molar-refractivity contribution in [2.24, 2.45) is 11.8 Å². The Hall–Kier alpha value is -0.234. The van der Waals surface area contributed by atoms with Crippen molar-refractivity contribution in [3.05, 3.63) is 16.0 Å². The van der Waals surface area contributed by atoms with Crippen molar-refractivity contribution in [2.45, 2.75) is 25.7 Å². The van der Waals surface area contributed by atoms with Gasteiger partial charge in [-0.15, -0.1) is 11.3 Å². The molecule has 1 N–H and O–H groups in total. The number of hydrogen-bond donors (Lipinski definition) is 1. The van der Waals surface area contributed by atoms with Gasteiger partial charge in [-0.3, -0.25) is 4.79 Å². The van der Waals surface area contributed by atoms with E-state index in [0.29, 0.717) is 17.0 Å². The summed E-state index contributed by atoms with van der Waals surface area (Å²) in [6.07, 6.45) is 3.23. The Kier molecular flexibility index (Phi) is 5.05. The number of hydrogen-bond acceptors (Lipinski definition) is 5. The quantitative estimate of drug-likeness (QED) is 0.621. The molecule has 20 heavy (non-hydrogen) atoms. The van der Waals surface area contributed by atoms with E-state index in [9.17, 15) is 20.0 Å². The van der Waals surface area contributed by atoms with E-state index in [1.54, 1.807) is 0 Å². The van der Waals surface area contributed by atoms with Gasteiger partial charge in [-0.05, 0) is 31.2 Å². The summed E-state index contributed by atoms with van der Waals surface area (Å²) >= 11 is 1.44. The molecule has 1 heterocycles. The van der Waals surface area contributed by atoms with E-state index in [1.165, 1.54) is 16.2 Å². The molecule has 0 spiro atoms. The topological polar surface area (TPSA) is 93.0 Å². The molecule has 2 atom stereocenters. The van der Waals surface area contributed by atoms with E-state index < -0.39 is 17.8 Å². The van der Waals surface area contributed by atoms with Gasteiger partial charge < -0.3 is 15.2 Å². The van der Waals surface area contributed by atoms with Crippen LogP contribution in [0, 0.1) is 23.2 Å². The molecule has 1 saturated carbocycles. The van der Waals surface area contributed by atoms with Crippen LogP contribution in [0.4, 0.5) is 5.00 Å². The van der Waals surface area contributed by atoms with Gasteiger partial charge in [-0.25, -0.2) is 0 Å². The second-order valence-corrected chi connectivity index (χ2v) is 6.04. The zero-order valence-electron chi connectivity index (χ0n) is 11.1. The van der Waals surface area contributed by atoms with Gasteiger partial charge in [0.15, 0.2) is 0 Å². The second kappa shape index (κ2) is 6.26. The predicted molar refractivity (Wildman–Crippen MR) is 66.3 cm³/mol. The van der Waals surface area contributed by atoms with Gasteiger partial charge in [-0.2, -0.15) is 5.26 Å². The smallest absolute Gasteiger partial charge is 0.550 e. The van der Waals surface area contributed by atoms with Crippen LogP contribution >= 0.6 is 11.3 Å². The summed E-state index contributed by atoms with van der Waals surface area (Å²) < 4.78 is 0. The number of amides is 1. The first-order valence-electron chi connectivity index (χ1n) is 6.18. The Balaban J connectivity index is 0.00000147. The summed E-state index contributed by atoms with van der Waals surface area (Å²) in [6.45, 7) is 0. The van der Waals surface area contributed by atoms with Gasteiger partial charge in [0.1, 0.15) is 11.1 Å². The van der Waals surface area contributed by atoms with Crippen LogP contribution < -0.4 is 61.8 Å². The zero-order chi connectivity index (χ0) is 13.6. The SMILES string of the molecule is N#Cc1c(NC(=O)C2CC2C(=O)[O-])sc2c1CCC2.[K+]. The van der Waals surface area contributed by atoms with E-state index >= 15 is 0 Å². The number of nitrogens with one attached hydrogen (secondary N) is 1. The van der Waals surface area contributed by atoms with Crippen molar-refractivity contribution in [3.8, 4) is 6.07 Å². The van der Waals surface area contributed by atoms with E-state index in [2.05, 4.69) is 11.4 Å². The molecule has 0 aromatic carbocycles. The number of aryl methyl sites for hydroxylation is 1. The van der Waals surface area contributed by atoms with E-state index in [1.807, 2.05) is 0 Å². The van der Waals surface area contributed by atoms with Crippen molar-refractivity contribution >= 4 is 28.2 Å². The van der Waals surface area contributed by atoms with Crippen molar-refractivity contribution < 1.29 is 66.1 Å². The Morgan fingerprint density at radius 3 is 2.70 bits per heavy atom. The summed E-state index contributed by atoms with van der Waals surface area (Å²) in [7, 11) is 0.